The highest BCUT2D eigenvalue weighted by molar-refractivity contribution is 8.10. The van der Waals surface area contributed by atoms with Crippen molar-refractivity contribution in [2.75, 3.05) is 0 Å². The summed E-state index contributed by atoms with van der Waals surface area (Å²) in [4.78, 5) is -0.171. The monoisotopic (exact) mass is 450 g/mol. The number of benzene rings is 3. The Kier molecular flexibility index (Phi) is 6.79. The van der Waals surface area contributed by atoms with E-state index >= 15 is 0 Å². The third-order valence-corrected chi connectivity index (χ3v) is 10.7. The van der Waals surface area contributed by atoms with Gasteiger partial charge < -0.3 is 0 Å². The average Bonchev–Trinajstić information content (AvgIpc) is 2.80. The van der Waals surface area contributed by atoms with E-state index in [1.807, 2.05) is 30.3 Å². The van der Waals surface area contributed by atoms with Crippen LogP contribution in [-0.4, -0.2) is 20.9 Å². The summed E-state index contributed by atoms with van der Waals surface area (Å²) in [6.07, 6.45) is 8.03. The van der Waals surface area contributed by atoms with Crippen LogP contribution in [0, 0.1) is 12.3 Å². The smallest absolute Gasteiger partial charge is 0.200 e. The van der Waals surface area contributed by atoms with Gasteiger partial charge in [-0.3, -0.25) is 0 Å². The molecule has 0 aromatic heterocycles. The molecule has 3 aromatic carbocycles. The van der Waals surface area contributed by atoms with Gasteiger partial charge >= 0.3 is 0 Å². The van der Waals surface area contributed by atoms with Crippen LogP contribution in [-0.2, 0) is 19.7 Å². The normalized spacial score (nSPS) is 12.5. The Morgan fingerprint density at radius 2 is 1.13 bits per heavy atom. The van der Waals surface area contributed by atoms with Crippen molar-refractivity contribution < 1.29 is 16.8 Å². The molecule has 0 saturated carbocycles. The van der Waals surface area contributed by atoms with Crippen LogP contribution in [0.1, 0.15) is 18.4 Å². The average molecular weight is 451 g/mol. The Labute approximate surface area is 184 Å². The molecule has 0 fully saturated rings. The van der Waals surface area contributed by atoms with Crippen LogP contribution in [0.5, 0.6) is 0 Å². The Morgan fingerprint density at radius 1 is 0.710 bits per heavy atom. The summed E-state index contributed by atoms with van der Waals surface area (Å²) in [7, 11) is -8.73. The molecule has 0 aliphatic carbocycles. The summed E-state index contributed by atoms with van der Waals surface area (Å²) in [5, 5.41) is 0. The minimum Gasteiger partial charge on any atom is -0.222 e. The summed E-state index contributed by atoms with van der Waals surface area (Å²) in [6.45, 7) is 0. The van der Waals surface area contributed by atoms with Crippen molar-refractivity contribution in [1.29, 1.82) is 0 Å². The molecule has 0 heterocycles. The highest BCUT2D eigenvalue weighted by Crippen LogP contribution is 2.41. The molecule has 4 nitrogen and oxygen atoms in total. The molecule has 31 heavy (non-hydrogen) atoms. The number of hydrogen-bond donors (Lipinski definition) is 0. The summed E-state index contributed by atoms with van der Waals surface area (Å²) in [5.41, 5.74) is 0.825. The fraction of sp³-hybridized carbons (Fsp3) is 0.120. The highest BCUT2D eigenvalue weighted by atomic mass is 32.3. The van der Waals surface area contributed by atoms with E-state index in [-0.39, 0.29) is 16.2 Å². The minimum atomic E-state index is -4.37. The number of sulfone groups is 2. The molecule has 0 amide bonds. The van der Waals surface area contributed by atoms with Gasteiger partial charge in [-0.25, -0.2) is 16.8 Å². The summed E-state index contributed by atoms with van der Waals surface area (Å²) < 4.78 is 52.9. The van der Waals surface area contributed by atoms with Crippen LogP contribution in [0.25, 0.3) is 6.08 Å². The molecule has 3 rings (SSSR count). The third-order valence-electron chi connectivity index (χ3n) is 5.00. The van der Waals surface area contributed by atoms with Crippen molar-refractivity contribution in [2.45, 2.75) is 26.7 Å². The van der Waals surface area contributed by atoms with Gasteiger partial charge in [0.05, 0.1) is 9.79 Å². The molecule has 0 aliphatic rings. The molecule has 0 N–H and O–H groups in total. The first-order chi connectivity index (χ1) is 14.8. The maximum Gasteiger partial charge on any atom is 0.200 e. The van der Waals surface area contributed by atoms with Gasteiger partial charge in [-0.1, -0.05) is 78.9 Å². The quantitative estimate of drug-likeness (QED) is 0.464. The fourth-order valence-corrected chi connectivity index (χ4v) is 8.15. The summed E-state index contributed by atoms with van der Waals surface area (Å²) in [6, 6.07) is 24.4. The SMILES string of the molecule is C#CCC(C/C=C/c1ccccc1)(S(=O)(=O)c1ccccc1)S(=O)(=O)c1ccccc1. The van der Waals surface area contributed by atoms with E-state index in [1.165, 1.54) is 24.3 Å². The first-order valence-corrected chi connectivity index (χ1v) is 12.6. The summed E-state index contributed by atoms with van der Waals surface area (Å²) >= 11 is 0. The van der Waals surface area contributed by atoms with Crippen LogP contribution >= 0.6 is 0 Å². The Bertz CT molecular complexity index is 1220. The van der Waals surface area contributed by atoms with Gasteiger partial charge in [0.2, 0.25) is 0 Å². The minimum absolute atomic E-state index is 0.0853. The topological polar surface area (TPSA) is 68.3 Å². The van der Waals surface area contributed by atoms with E-state index < -0.39 is 30.2 Å². The molecule has 0 unspecified atom stereocenters. The second kappa shape index (κ2) is 9.34. The van der Waals surface area contributed by atoms with Gasteiger partial charge in [0, 0.05) is 12.8 Å². The van der Waals surface area contributed by atoms with Gasteiger partial charge in [0.1, 0.15) is 0 Å². The fourth-order valence-electron chi connectivity index (χ4n) is 3.35. The van der Waals surface area contributed by atoms with Gasteiger partial charge in [0.15, 0.2) is 23.8 Å². The van der Waals surface area contributed by atoms with Crippen molar-refractivity contribution in [2.24, 2.45) is 0 Å². The van der Waals surface area contributed by atoms with E-state index in [9.17, 15) is 16.8 Å². The standard InChI is InChI=1S/C25H22O4S2/c1-2-20-25(21-12-15-22-13-6-3-7-14-22,30(26,27)23-16-8-4-9-17-23)31(28,29)24-18-10-5-11-19-24/h1,3-19H,20-21H2/b15-12+. The molecule has 158 valence electrons. The van der Waals surface area contributed by atoms with Crippen molar-refractivity contribution in [3.63, 3.8) is 0 Å². The molecular weight excluding hydrogens is 428 g/mol. The van der Waals surface area contributed by atoms with Crippen molar-refractivity contribution in [1.82, 2.24) is 0 Å². The maximum atomic E-state index is 13.8. The zero-order valence-corrected chi connectivity index (χ0v) is 18.4. The molecule has 6 heteroatoms. The first-order valence-electron chi connectivity index (χ1n) is 9.59. The van der Waals surface area contributed by atoms with E-state index in [0.717, 1.165) is 5.56 Å². The first kappa shape index (κ1) is 22.5. The molecule has 0 radical (unpaired) electrons. The predicted molar refractivity (Wildman–Crippen MR) is 124 cm³/mol. The Morgan fingerprint density at radius 3 is 1.55 bits per heavy atom. The van der Waals surface area contributed by atoms with Crippen molar-refractivity contribution in [3.8, 4) is 12.3 Å². The van der Waals surface area contributed by atoms with Gasteiger partial charge in [-0.2, -0.15) is 0 Å². The maximum absolute atomic E-state index is 13.8. The van der Waals surface area contributed by atoms with E-state index in [4.69, 9.17) is 6.42 Å². The van der Waals surface area contributed by atoms with Crippen LogP contribution in [0.3, 0.4) is 0 Å². The second-order valence-electron chi connectivity index (χ2n) is 6.94. The van der Waals surface area contributed by atoms with Crippen molar-refractivity contribution in [3.05, 3.63) is 103 Å². The van der Waals surface area contributed by atoms with E-state index in [0.29, 0.717) is 0 Å². The van der Waals surface area contributed by atoms with E-state index in [1.54, 1.807) is 48.6 Å². The Hall–Kier alpha value is -3.14. The van der Waals surface area contributed by atoms with Gasteiger partial charge in [-0.05, 0) is 29.8 Å². The van der Waals surface area contributed by atoms with Crippen LogP contribution in [0.15, 0.2) is 107 Å². The van der Waals surface area contributed by atoms with E-state index in [2.05, 4.69) is 5.92 Å². The molecule has 0 spiro atoms. The van der Waals surface area contributed by atoms with Crippen LogP contribution in [0.4, 0.5) is 0 Å². The predicted octanol–water partition coefficient (Wildman–Crippen LogP) is 4.76. The second-order valence-corrected chi connectivity index (χ2v) is 11.7. The molecule has 0 bridgehead atoms. The number of rotatable bonds is 8. The third kappa shape index (κ3) is 4.34. The molecule has 3 aromatic rings. The number of allylic oxidation sites excluding steroid dienone is 1. The zero-order valence-electron chi connectivity index (χ0n) is 16.8. The number of hydrogen-bond acceptors (Lipinski definition) is 4. The molecule has 0 saturated heterocycles. The van der Waals surface area contributed by atoms with Gasteiger partial charge in [-0.15, -0.1) is 12.3 Å². The zero-order chi connectivity index (χ0) is 22.4. The van der Waals surface area contributed by atoms with Crippen LogP contribution in [0.2, 0.25) is 0 Å². The molecule has 0 atom stereocenters. The Balaban J connectivity index is 2.23. The lowest BCUT2D eigenvalue weighted by molar-refractivity contribution is 0.539. The van der Waals surface area contributed by atoms with Gasteiger partial charge in [0.25, 0.3) is 0 Å². The lowest BCUT2D eigenvalue weighted by Gasteiger charge is -2.30. The summed E-state index contributed by atoms with van der Waals surface area (Å²) in [5.74, 6) is 2.32. The largest absolute Gasteiger partial charge is 0.222 e. The lowest BCUT2D eigenvalue weighted by Crippen LogP contribution is -2.46. The van der Waals surface area contributed by atoms with Crippen LogP contribution < -0.4 is 0 Å². The highest BCUT2D eigenvalue weighted by Gasteiger charge is 2.54. The van der Waals surface area contributed by atoms with Crippen molar-refractivity contribution >= 4 is 25.8 Å². The molecular formula is C25H22O4S2. The number of terminal acetylenes is 1. The molecule has 0 aliphatic heterocycles. The lowest BCUT2D eigenvalue weighted by atomic mass is 10.1.